The van der Waals surface area contributed by atoms with Crippen LogP contribution < -0.4 is 0 Å². The number of carbonyl (C=O) groups is 2. The molecule has 0 atom stereocenters. The maximum absolute atomic E-state index is 12.2. The molecule has 0 unspecified atom stereocenters. The lowest BCUT2D eigenvalue weighted by molar-refractivity contribution is -0.137. The largest absolute Gasteiger partial charge is 0.481 e. The van der Waals surface area contributed by atoms with Gasteiger partial charge in [0.25, 0.3) is 5.91 Å². The van der Waals surface area contributed by atoms with Gasteiger partial charge in [0.15, 0.2) is 0 Å². The lowest BCUT2D eigenvalue weighted by Crippen LogP contribution is -2.36. The molecule has 0 saturated carbocycles. The highest BCUT2D eigenvalue weighted by atomic mass is 16.4. The van der Waals surface area contributed by atoms with Crippen molar-refractivity contribution in [3.8, 4) is 0 Å². The van der Waals surface area contributed by atoms with Crippen LogP contribution >= 0.6 is 0 Å². The maximum Gasteiger partial charge on any atom is 0.305 e. The SMILES string of the molecule is CC(C)CN(CCC(=O)O)C(=O)c1ccnnc1. The Hall–Kier alpha value is -1.98. The number of nitrogens with zero attached hydrogens (tertiary/aromatic N) is 3. The van der Waals surface area contributed by atoms with E-state index in [1.807, 2.05) is 13.8 Å². The average Bonchev–Trinajstić information content (AvgIpc) is 2.34. The second kappa shape index (κ2) is 6.68. The fourth-order valence-electron chi connectivity index (χ4n) is 1.55. The Morgan fingerprint density at radius 3 is 2.61 bits per heavy atom. The topological polar surface area (TPSA) is 83.4 Å². The van der Waals surface area contributed by atoms with Crippen molar-refractivity contribution in [1.82, 2.24) is 15.1 Å². The van der Waals surface area contributed by atoms with E-state index in [0.29, 0.717) is 12.1 Å². The molecule has 1 N–H and O–H groups in total. The quantitative estimate of drug-likeness (QED) is 0.817. The first-order chi connectivity index (χ1) is 8.50. The van der Waals surface area contributed by atoms with Crippen molar-refractivity contribution in [2.75, 3.05) is 13.1 Å². The third-order valence-corrected chi connectivity index (χ3v) is 2.30. The zero-order chi connectivity index (χ0) is 13.5. The van der Waals surface area contributed by atoms with E-state index in [0.717, 1.165) is 0 Å². The van der Waals surface area contributed by atoms with E-state index in [2.05, 4.69) is 10.2 Å². The third kappa shape index (κ3) is 4.48. The van der Waals surface area contributed by atoms with E-state index >= 15 is 0 Å². The summed E-state index contributed by atoms with van der Waals surface area (Å²) >= 11 is 0. The normalized spacial score (nSPS) is 10.4. The third-order valence-electron chi connectivity index (χ3n) is 2.30. The van der Waals surface area contributed by atoms with Gasteiger partial charge in [0.05, 0.1) is 24.4 Å². The number of rotatable bonds is 6. The lowest BCUT2D eigenvalue weighted by atomic mass is 10.1. The van der Waals surface area contributed by atoms with E-state index in [9.17, 15) is 9.59 Å². The molecule has 1 heterocycles. The molecule has 1 amide bonds. The molecule has 1 aromatic rings. The summed E-state index contributed by atoms with van der Waals surface area (Å²) in [4.78, 5) is 24.3. The molecule has 0 spiro atoms. The molecular weight excluding hydrogens is 234 g/mol. The number of hydrogen-bond donors (Lipinski definition) is 1. The Kier molecular flexibility index (Phi) is 5.23. The van der Waals surface area contributed by atoms with Gasteiger partial charge in [-0.2, -0.15) is 10.2 Å². The van der Waals surface area contributed by atoms with E-state index in [1.54, 1.807) is 6.07 Å². The Morgan fingerprint density at radius 2 is 2.11 bits per heavy atom. The van der Waals surface area contributed by atoms with Crippen molar-refractivity contribution in [3.05, 3.63) is 24.0 Å². The fraction of sp³-hybridized carbons (Fsp3) is 0.500. The van der Waals surface area contributed by atoms with Crippen molar-refractivity contribution < 1.29 is 14.7 Å². The molecule has 0 aliphatic heterocycles. The van der Waals surface area contributed by atoms with Gasteiger partial charge in [-0.1, -0.05) is 13.8 Å². The maximum atomic E-state index is 12.2. The van der Waals surface area contributed by atoms with Gasteiger partial charge >= 0.3 is 5.97 Å². The first kappa shape index (κ1) is 14.1. The number of amides is 1. The van der Waals surface area contributed by atoms with Crippen LogP contribution in [0.2, 0.25) is 0 Å². The van der Waals surface area contributed by atoms with Gasteiger partial charge in [-0.05, 0) is 12.0 Å². The van der Waals surface area contributed by atoms with Crippen LogP contribution in [0, 0.1) is 5.92 Å². The molecule has 0 saturated heterocycles. The molecule has 1 aromatic heterocycles. The predicted octanol–water partition coefficient (Wildman–Crippen LogP) is 1.05. The second-order valence-electron chi connectivity index (χ2n) is 4.42. The summed E-state index contributed by atoms with van der Waals surface area (Å²) in [5.41, 5.74) is 0.427. The van der Waals surface area contributed by atoms with Crippen molar-refractivity contribution in [3.63, 3.8) is 0 Å². The number of aromatic nitrogens is 2. The summed E-state index contributed by atoms with van der Waals surface area (Å²) in [6.07, 6.45) is 2.77. The molecule has 0 aromatic carbocycles. The van der Waals surface area contributed by atoms with Crippen LogP contribution in [0.25, 0.3) is 0 Å². The summed E-state index contributed by atoms with van der Waals surface area (Å²) in [5, 5.41) is 15.9. The van der Waals surface area contributed by atoms with Crippen LogP contribution in [-0.2, 0) is 4.79 Å². The molecule has 0 aliphatic rings. The Labute approximate surface area is 106 Å². The van der Waals surface area contributed by atoms with Gasteiger partial charge in [0.1, 0.15) is 0 Å². The van der Waals surface area contributed by atoms with Gasteiger partial charge in [-0.3, -0.25) is 9.59 Å². The molecule has 0 aliphatic carbocycles. The summed E-state index contributed by atoms with van der Waals surface area (Å²) < 4.78 is 0. The van der Waals surface area contributed by atoms with Crippen molar-refractivity contribution in [2.45, 2.75) is 20.3 Å². The second-order valence-corrected chi connectivity index (χ2v) is 4.42. The van der Waals surface area contributed by atoms with Crippen LogP contribution in [0.3, 0.4) is 0 Å². The van der Waals surface area contributed by atoms with Crippen LogP contribution in [0.5, 0.6) is 0 Å². The minimum absolute atomic E-state index is 0.0586. The van der Waals surface area contributed by atoms with E-state index in [1.165, 1.54) is 17.3 Å². The molecule has 6 heteroatoms. The van der Waals surface area contributed by atoms with Gasteiger partial charge in [-0.15, -0.1) is 0 Å². The number of carboxylic acid groups (broad SMARTS) is 1. The molecule has 18 heavy (non-hydrogen) atoms. The number of carboxylic acids is 1. The highest BCUT2D eigenvalue weighted by Crippen LogP contribution is 2.07. The molecule has 0 radical (unpaired) electrons. The van der Waals surface area contributed by atoms with Gasteiger partial charge in [0, 0.05) is 13.1 Å². The fourth-order valence-corrected chi connectivity index (χ4v) is 1.55. The molecule has 0 fully saturated rings. The van der Waals surface area contributed by atoms with Crippen LogP contribution in [-0.4, -0.2) is 45.2 Å². The minimum Gasteiger partial charge on any atom is -0.481 e. The van der Waals surface area contributed by atoms with Crippen LogP contribution in [0.15, 0.2) is 18.5 Å². The minimum atomic E-state index is -0.913. The highest BCUT2D eigenvalue weighted by Gasteiger charge is 2.17. The Balaban J connectivity index is 2.75. The smallest absolute Gasteiger partial charge is 0.305 e. The monoisotopic (exact) mass is 251 g/mol. The highest BCUT2D eigenvalue weighted by molar-refractivity contribution is 5.94. The summed E-state index contributed by atoms with van der Waals surface area (Å²) in [6.45, 7) is 4.68. The van der Waals surface area contributed by atoms with Gasteiger partial charge in [-0.25, -0.2) is 0 Å². The van der Waals surface area contributed by atoms with Gasteiger partial charge in [0.2, 0.25) is 0 Å². The van der Waals surface area contributed by atoms with Crippen molar-refractivity contribution in [2.24, 2.45) is 5.92 Å². The molecule has 98 valence electrons. The van der Waals surface area contributed by atoms with Crippen LogP contribution in [0.1, 0.15) is 30.6 Å². The Morgan fingerprint density at radius 1 is 1.39 bits per heavy atom. The zero-order valence-electron chi connectivity index (χ0n) is 10.5. The molecule has 1 rings (SSSR count). The Bertz CT molecular complexity index is 406. The van der Waals surface area contributed by atoms with Crippen molar-refractivity contribution in [1.29, 1.82) is 0 Å². The summed E-state index contributed by atoms with van der Waals surface area (Å²) in [5.74, 6) is -0.846. The predicted molar refractivity (Wildman–Crippen MR) is 65.0 cm³/mol. The summed E-state index contributed by atoms with van der Waals surface area (Å²) in [6, 6.07) is 1.57. The van der Waals surface area contributed by atoms with Crippen molar-refractivity contribution >= 4 is 11.9 Å². The molecule has 0 bridgehead atoms. The molecule has 6 nitrogen and oxygen atoms in total. The van der Waals surface area contributed by atoms with Gasteiger partial charge < -0.3 is 10.0 Å². The summed E-state index contributed by atoms with van der Waals surface area (Å²) in [7, 11) is 0. The number of carbonyl (C=O) groups excluding carboxylic acids is 1. The zero-order valence-corrected chi connectivity index (χ0v) is 10.5. The van der Waals surface area contributed by atoms with E-state index in [-0.39, 0.29) is 24.8 Å². The van der Waals surface area contributed by atoms with Crippen LogP contribution in [0.4, 0.5) is 0 Å². The number of aliphatic carboxylic acids is 1. The first-order valence-corrected chi connectivity index (χ1v) is 5.78. The standard InChI is InChI=1S/C12H17N3O3/c1-9(2)8-15(6-4-11(16)17)12(18)10-3-5-13-14-7-10/h3,5,7,9H,4,6,8H2,1-2H3,(H,16,17). The van der Waals surface area contributed by atoms with E-state index < -0.39 is 5.97 Å². The molecular formula is C12H17N3O3. The number of hydrogen-bond acceptors (Lipinski definition) is 4. The first-order valence-electron chi connectivity index (χ1n) is 5.78. The lowest BCUT2D eigenvalue weighted by Gasteiger charge is -2.23. The average molecular weight is 251 g/mol. The van der Waals surface area contributed by atoms with E-state index in [4.69, 9.17) is 5.11 Å².